The molecule has 0 amide bonds. The van der Waals surface area contributed by atoms with E-state index in [1.807, 2.05) is 34.7 Å². The molecule has 0 aliphatic carbocycles. The van der Waals surface area contributed by atoms with E-state index in [1.54, 1.807) is 0 Å². The van der Waals surface area contributed by atoms with E-state index in [-0.39, 0.29) is 12.8 Å². The van der Waals surface area contributed by atoms with Crippen LogP contribution in [0.15, 0.2) is 18.2 Å². The Balaban J connectivity index is 1.98. The number of imidazole rings is 1. The fourth-order valence-corrected chi connectivity index (χ4v) is 2.60. The zero-order valence-electron chi connectivity index (χ0n) is 10.7. The van der Waals surface area contributed by atoms with Crippen LogP contribution in [0.5, 0.6) is 0 Å². The van der Waals surface area contributed by atoms with Crippen LogP contribution in [0.4, 0.5) is 20.4 Å². The highest BCUT2D eigenvalue weighted by molar-refractivity contribution is 5.89. The summed E-state index contributed by atoms with van der Waals surface area (Å²) in [6, 6.07) is 5.55. The minimum absolute atomic E-state index is 0.119. The van der Waals surface area contributed by atoms with Crippen molar-refractivity contribution in [2.45, 2.75) is 18.8 Å². The van der Waals surface area contributed by atoms with Gasteiger partial charge in [-0.3, -0.25) is 0 Å². The molecule has 0 atom stereocenters. The van der Waals surface area contributed by atoms with E-state index in [0.29, 0.717) is 24.7 Å². The highest BCUT2D eigenvalue weighted by Crippen LogP contribution is 2.32. The number of halogens is 2. The maximum absolute atomic E-state index is 13.2. The number of fused-ring (bicyclic) bond motifs is 1. The maximum atomic E-state index is 13.2. The minimum atomic E-state index is -2.54. The number of hydrogen-bond acceptors (Lipinski definition) is 3. The fraction of sp³-hybridized carbons (Fsp3) is 0.462. The Morgan fingerprint density at radius 1 is 1.26 bits per heavy atom. The number of nitrogen functional groups attached to an aromatic ring is 1. The normalized spacial score (nSPS) is 19.0. The van der Waals surface area contributed by atoms with Gasteiger partial charge >= 0.3 is 0 Å². The summed E-state index contributed by atoms with van der Waals surface area (Å²) in [6.07, 6.45) is -0.239. The molecular formula is C13H16F2N4. The first kappa shape index (κ1) is 12.2. The van der Waals surface area contributed by atoms with Gasteiger partial charge in [0.05, 0.1) is 16.7 Å². The van der Waals surface area contributed by atoms with Crippen LogP contribution in [-0.2, 0) is 7.05 Å². The average Bonchev–Trinajstić information content (AvgIpc) is 2.68. The van der Waals surface area contributed by atoms with Crippen molar-refractivity contribution in [3.05, 3.63) is 18.2 Å². The van der Waals surface area contributed by atoms with Crippen molar-refractivity contribution in [3.63, 3.8) is 0 Å². The lowest BCUT2D eigenvalue weighted by molar-refractivity contribution is -0.0223. The molecule has 1 aliphatic heterocycles. The van der Waals surface area contributed by atoms with Gasteiger partial charge in [-0.25, -0.2) is 13.8 Å². The van der Waals surface area contributed by atoms with Crippen molar-refractivity contribution in [2.75, 3.05) is 23.7 Å². The van der Waals surface area contributed by atoms with Crippen LogP contribution < -0.4 is 10.6 Å². The van der Waals surface area contributed by atoms with E-state index >= 15 is 0 Å². The predicted octanol–water partition coefficient (Wildman–Crippen LogP) is 2.39. The number of aromatic nitrogens is 2. The number of anilines is 2. The van der Waals surface area contributed by atoms with E-state index in [1.165, 1.54) is 0 Å². The average molecular weight is 266 g/mol. The van der Waals surface area contributed by atoms with Gasteiger partial charge in [-0.15, -0.1) is 0 Å². The maximum Gasteiger partial charge on any atom is 0.251 e. The molecule has 0 saturated carbocycles. The van der Waals surface area contributed by atoms with E-state index in [0.717, 1.165) is 11.0 Å². The van der Waals surface area contributed by atoms with E-state index in [4.69, 9.17) is 5.73 Å². The van der Waals surface area contributed by atoms with Crippen LogP contribution in [0.25, 0.3) is 11.0 Å². The van der Waals surface area contributed by atoms with Gasteiger partial charge < -0.3 is 15.2 Å². The van der Waals surface area contributed by atoms with Gasteiger partial charge in [0.2, 0.25) is 5.95 Å². The summed E-state index contributed by atoms with van der Waals surface area (Å²) >= 11 is 0. The number of aryl methyl sites for hydroxylation is 1. The number of nitrogens with two attached hydrogens (primary N) is 1. The first-order chi connectivity index (χ1) is 8.98. The summed E-state index contributed by atoms with van der Waals surface area (Å²) in [5.74, 6) is -1.83. The quantitative estimate of drug-likeness (QED) is 0.806. The van der Waals surface area contributed by atoms with Gasteiger partial charge in [0.1, 0.15) is 0 Å². The van der Waals surface area contributed by atoms with E-state index in [2.05, 4.69) is 4.98 Å². The molecule has 6 heteroatoms. The van der Waals surface area contributed by atoms with Gasteiger partial charge in [0, 0.05) is 33.0 Å². The van der Waals surface area contributed by atoms with Crippen LogP contribution in [0.3, 0.4) is 0 Å². The molecular weight excluding hydrogens is 250 g/mol. The van der Waals surface area contributed by atoms with Gasteiger partial charge in [0.25, 0.3) is 5.92 Å². The first-order valence-corrected chi connectivity index (χ1v) is 6.32. The summed E-state index contributed by atoms with van der Waals surface area (Å²) in [4.78, 5) is 6.41. The second-order valence-electron chi connectivity index (χ2n) is 5.03. The number of para-hydroxylation sites is 1. The van der Waals surface area contributed by atoms with Gasteiger partial charge in [0.15, 0.2) is 0 Å². The molecule has 1 fully saturated rings. The first-order valence-electron chi connectivity index (χ1n) is 6.32. The molecule has 1 aromatic carbocycles. The molecule has 3 rings (SSSR count). The van der Waals surface area contributed by atoms with Crippen LogP contribution in [0, 0.1) is 0 Å². The summed E-state index contributed by atoms with van der Waals surface area (Å²) in [5.41, 5.74) is 8.25. The fourth-order valence-electron chi connectivity index (χ4n) is 2.60. The van der Waals surface area contributed by atoms with Gasteiger partial charge in [-0.05, 0) is 12.1 Å². The Labute approximate surface area is 109 Å². The third-order valence-corrected chi connectivity index (χ3v) is 3.68. The Morgan fingerprint density at radius 2 is 1.95 bits per heavy atom. The van der Waals surface area contributed by atoms with Crippen LogP contribution in [0.1, 0.15) is 12.8 Å². The predicted molar refractivity (Wildman–Crippen MR) is 71.5 cm³/mol. The highest BCUT2D eigenvalue weighted by Gasteiger charge is 2.35. The third-order valence-electron chi connectivity index (χ3n) is 3.68. The lowest BCUT2D eigenvalue weighted by Crippen LogP contribution is -2.40. The molecule has 4 nitrogen and oxygen atoms in total. The second-order valence-corrected chi connectivity index (χ2v) is 5.03. The largest absolute Gasteiger partial charge is 0.397 e. The number of hydrogen-bond donors (Lipinski definition) is 1. The van der Waals surface area contributed by atoms with Crippen molar-refractivity contribution < 1.29 is 8.78 Å². The van der Waals surface area contributed by atoms with Crippen molar-refractivity contribution >= 4 is 22.7 Å². The van der Waals surface area contributed by atoms with Crippen molar-refractivity contribution in [1.82, 2.24) is 9.55 Å². The Hall–Kier alpha value is -1.85. The zero-order chi connectivity index (χ0) is 13.6. The standard InChI is InChI=1S/C13H16F2N4/c1-18-11-9(16)3-2-4-10(11)17-12(18)19-7-5-13(14,15)6-8-19/h2-4H,5-8,16H2,1H3. The Morgan fingerprint density at radius 3 is 2.58 bits per heavy atom. The smallest absolute Gasteiger partial charge is 0.251 e. The molecule has 102 valence electrons. The molecule has 2 aromatic rings. The van der Waals surface area contributed by atoms with E-state index in [9.17, 15) is 8.78 Å². The molecule has 0 bridgehead atoms. The molecule has 0 unspecified atom stereocenters. The van der Waals surface area contributed by atoms with E-state index < -0.39 is 5.92 Å². The van der Waals surface area contributed by atoms with Crippen molar-refractivity contribution in [3.8, 4) is 0 Å². The highest BCUT2D eigenvalue weighted by atomic mass is 19.3. The summed E-state index contributed by atoms with van der Waals surface area (Å²) in [7, 11) is 1.87. The molecule has 2 N–H and O–H groups in total. The zero-order valence-corrected chi connectivity index (χ0v) is 10.7. The molecule has 1 saturated heterocycles. The monoisotopic (exact) mass is 266 g/mol. The Kier molecular flexibility index (Phi) is 2.62. The Bertz CT molecular complexity index is 610. The number of rotatable bonds is 1. The van der Waals surface area contributed by atoms with Gasteiger partial charge in [-0.2, -0.15) is 0 Å². The summed E-state index contributed by atoms with van der Waals surface area (Å²) < 4.78 is 28.3. The van der Waals surface area contributed by atoms with Crippen molar-refractivity contribution in [1.29, 1.82) is 0 Å². The van der Waals surface area contributed by atoms with Gasteiger partial charge in [-0.1, -0.05) is 6.07 Å². The number of piperidine rings is 1. The number of benzene rings is 1. The molecule has 0 radical (unpaired) electrons. The van der Waals surface area contributed by atoms with Crippen LogP contribution in [-0.4, -0.2) is 28.6 Å². The minimum Gasteiger partial charge on any atom is -0.397 e. The lowest BCUT2D eigenvalue weighted by atomic mass is 10.1. The summed E-state index contributed by atoms with van der Waals surface area (Å²) in [6.45, 7) is 0.647. The number of nitrogens with zero attached hydrogens (tertiary/aromatic N) is 3. The van der Waals surface area contributed by atoms with Crippen molar-refractivity contribution in [2.24, 2.45) is 7.05 Å². The lowest BCUT2D eigenvalue weighted by Gasteiger charge is -2.32. The third kappa shape index (κ3) is 2.01. The summed E-state index contributed by atoms with van der Waals surface area (Å²) in [5, 5.41) is 0. The molecule has 0 spiro atoms. The van der Waals surface area contributed by atoms with Crippen LogP contribution in [0.2, 0.25) is 0 Å². The molecule has 1 aliphatic rings. The SMILES string of the molecule is Cn1c(N2CCC(F)(F)CC2)nc2cccc(N)c21. The topological polar surface area (TPSA) is 47.1 Å². The molecule has 2 heterocycles. The number of alkyl halides is 2. The van der Waals surface area contributed by atoms with Crippen LogP contribution >= 0.6 is 0 Å². The molecule has 1 aromatic heterocycles. The molecule has 19 heavy (non-hydrogen) atoms. The second kappa shape index (κ2) is 4.08.